The minimum Gasteiger partial charge on any atom is -0.336 e. The zero-order chi connectivity index (χ0) is 21.1. The van der Waals surface area contributed by atoms with E-state index in [1.165, 1.54) is 5.56 Å². The van der Waals surface area contributed by atoms with Gasteiger partial charge in [0.2, 0.25) is 0 Å². The molecule has 0 bridgehead atoms. The maximum atomic E-state index is 13.1. The van der Waals surface area contributed by atoms with E-state index in [9.17, 15) is 4.79 Å². The molecule has 30 heavy (non-hydrogen) atoms. The Balaban J connectivity index is 1.37. The molecule has 6 heteroatoms. The number of aryl methyl sites for hydroxylation is 2. The average Bonchev–Trinajstić information content (AvgIpc) is 3.06. The number of hydrogen-bond acceptors (Lipinski definition) is 3. The molecule has 3 aromatic rings. The average molecular weight is 467 g/mol. The first kappa shape index (κ1) is 20.8. The number of piperazine rings is 1. The molecule has 0 atom stereocenters. The summed E-state index contributed by atoms with van der Waals surface area (Å²) in [5.74, 6) is 0.116. The molecule has 1 saturated heterocycles. The van der Waals surface area contributed by atoms with Crippen molar-refractivity contribution in [2.24, 2.45) is 0 Å². The molecule has 1 amide bonds. The summed E-state index contributed by atoms with van der Waals surface area (Å²) in [6, 6.07) is 18.4. The van der Waals surface area contributed by atoms with E-state index in [0.717, 1.165) is 59.7 Å². The molecule has 0 saturated carbocycles. The number of aromatic nitrogens is 2. The van der Waals surface area contributed by atoms with Crippen LogP contribution in [0.2, 0.25) is 0 Å². The second-order valence-electron chi connectivity index (χ2n) is 7.94. The Bertz CT molecular complexity index is 1040. The first-order valence-electron chi connectivity index (χ1n) is 10.3. The van der Waals surface area contributed by atoms with E-state index in [-0.39, 0.29) is 5.91 Å². The van der Waals surface area contributed by atoms with Crippen molar-refractivity contribution in [2.75, 3.05) is 26.2 Å². The van der Waals surface area contributed by atoms with Crippen LogP contribution in [0.25, 0.3) is 0 Å². The molecule has 1 fully saturated rings. The molecule has 0 unspecified atom stereocenters. The second-order valence-corrected chi connectivity index (χ2v) is 8.80. The number of hydrogen-bond donors (Lipinski definition) is 0. The molecule has 5 nitrogen and oxygen atoms in total. The Morgan fingerprint density at radius 1 is 0.967 bits per heavy atom. The molecular formula is C24H27BrN4O. The van der Waals surface area contributed by atoms with Gasteiger partial charge in [0.25, 0.3) is 5.91 Å². The minimum absolute atomic E-state index is 0.116. The van der Waals surface area contributed by atoms with E-state index < -0.39 is 0 Å². The molecule has 1 aliphatic heterocycles. The maximum Gasteiger partial charge on any atom is 0.253 e. The van der Waals surface area contributed by atoms with Crippen LogP contribution in [-0.4, -0.2) is 51.7 Å². The molecule has 1 aromatic heterocycles. The summed E-state index contributed by atoms with van der Waals surface area (Å²) < 4.78 is 3.13. The smallest absolute Gasteiger partial charge is 0.253 e. The van der Waals surface area contributed by atoms with Gasteiger partial charge in [0.05, 0.1) is 12.2 Å². The zero-order valence-corrected chi connectivity index (χ0v) is 19.1. The van der Waals surface area contributed by atoms with Crippen LogP contribution in [0.1, 0.15) is 32.9 Å². The number of halogens is 1. The van der Waals surface area contributed by atoms with E-state index in [1.807, 2.05) is 40.8 Å². The topological polar surface area (TPSA) is 41.4 Å². The van der Waals surface area contributed by atoms with Crippen LogP contribution in [0.3, 0.4) is 0 Å². The third-order valence-electron chi connectivity index (χ3n) is 5.62. The summed E-state index contributed by atoms with van der Waals surface area (Å²) >= 11 is 3.63. The lowest BCUT2D eigenvalue weighted by Crippen LogP contribution is -2.48. The fourth-order valence-corrected chi connectivity index (χ4v) is 4.38. The van der Waals surface area contributed by atoms with Gasteiger partial charge in [0.1, 0.15) is 0 Å². The maximum absolute atomic E-state index is 13.1. The predicted molar refractivity (Wildman–Crippen MR) is 123 cm³/mol. The summed E-state index contributed by atoms with van der Waals surface area (Å²) in [5, 5.41) is 4.53. The van der Waals surface area contributed by atoms with E-state index in [0.29, 0.717) is 6.54 Å². The quantitative estimate of drug-likeness (QED) is 0.563. The summed E-state index contributed by atoms with van der Waals surface area (Å²) in [5.41, 5.74) is 5.28. The van der Waals surface area contributed by atoms with Crippen molar-refractivity contribution in [1.82, 2.24) is 19.6 Å². The molecular weight excluding hydrogens is 440 g/mol. The molecule has 0 spiro atoms. The Morgan fingerprint density at radius 3 is 2.43 bits per heavy atom. The number of carbonyl (C=O) groups is 1. The molecule has 1 aliphatic rings. The predicted octanol–water partition coefficient (Wildman–Crippen LogP) is 4.27. The minimum atomic E-state index is 0.116. The van der Waals surface area contributed by atoms with Gasteiger partial charge in [-0.15, -0.1) is 0 Å². The van der Waals surface area contributed by atoms with Crippen LogP contribution in [0.5, 0.6) is 0 Å². The van der Waals surface area contributed by atoms with Crippen LogP contribution in [0.15, 0.2) is 59.1 Å². The van der Waals surface area contributed by atoms with Crippen molar-refractivity contribution >= 4 is 21.8 Å². The van der Waals surface area contributed by atoms with Crippen molar-refractivity contribution in [1.29, 1.82) is 0 Å². The van der Waals surface area contributed by atoms with Gasteiger partial charge in [0, 0.05) is 48.5 Å². The van der Waals surface area contributed by atoms with Crippen molar-refractivity contribution in [2.45, 2.75) is 26.9 Å². The van der Waals surface area contributed by atoms with Crippen molar-refractivity contribution < 1.29 is 4.79 Å². The highest BCUT2D eigenvalue weighted by molar-refractivity contribution is 9.10. The molecule has 0 aliphatic carbocycles. The number of benzene rings is 2. The Kier molecular flexibility index (Phi) is 6.35. The highest BCUT2D eigenvalue weighted by atomic mass is 79.9. The van der Waals surface area contributed by atoms with Gasteiger partial charge in [-0.05, 0) is 49.2 Å². The number of rotatable bonds is 5. The van der Waals surface area contributed by atoms with Crippen molar-refractivity contribution in [3.05, 3.63) is 87.1 Å². The van der Waals surface area contributed by atoms with E-state index in [1.54, 1.807) is 0 Å². The highest BCUT2D eigenvalue weighted by Crippen LogP contribution is 2.19. The fourth-order valence-electron chi connectivity index (χ4n) is 3.97. The fraction of sp³-hybridized carbons (Fsp3) is 0.333. The lowest BCUT2D eigenvalue weighted by atomic mass is 10.1. The normalized spacial score (nSPS) is 14.8. The largest absolute Gasteiger partial charge is 0.336 e. The van der Waals surface area contributed by atoms with Crippen LogP contribution in [0, 0.1) is 13.8 Å². The Hall–Kier alpha value is -2.44. The standard InChI is InChI=1S/C24H27BrN4O/c1-18-14-19(2)29(26-18)16-20-6-5-8-21(15-20)24(30)28-12-10-27(11-13-28)17-22-7-3-4-9-23(22)25/h3-9,14-15H,10-13,16-17H2,1-2H3. The summed E-state index contributed by atoms with van der Waals surface area (Å²) in [6.45, 7) is 8.93. The number of nitrogens with zero attached hydrogens (tertiary/aromatic N) is 4. The monoisotopic (exact) mass is 466 g/mol. The summed E-state index contributed by atoms with van der Waals surface area (Å²) in [6.07, 6.45) is 0. The van der Waals surface area contributed by atoms with Gasteiger partial charge in [-0.3, -0.25) is 14.4 Å². The third kappa shape index (κ3) is 4.82. The lowest BCUT2D eigenvalue weighted by molar-refractivity contribution is 0.0628. The Morgan fingerprint density at radius 2 is 1.73 bits per heavy atom. The van der Waals surface area contributed by atoms with Gasteiger partial charge >= 0.3 is 0 Å². The molecule has 2 heterocycles. The molecule has 156 valence electrons. The van der Waals surface area contributed by atoms with Gasteiger partial charge in [-0.2, -0.15) is 5.10 Å². The Labute approximate surface area is 186 Å². The molecule has 2 aromatic carbocycles. The first-order chi connectivity index (χ1) is 14.5. The summed E-state index contributed by atoms with van der Waals surface area (Å²) in [7, 11) is 0. The van der Waals surface area contributed by atoms with Crippen LogP contribution in [0.4, 0.5) is 0 Å². The van der Waals surface area contributed by atoms with Gasteiger partial charge < -0.3 is 4.90 Å². The summed E-state index contributed by atoms with van der Waals surface area (Å²) in [4.78, 5) is 17.4. The van der Waals surface area contributed by atoms with Gasteiger partial charge in [-0.25, -0.2) is 0 Å². The van der Waals surface area contributed by atoms with Crippen LogP contribution in [-0.2, 0) is 13.1 Å². The van der Waals surface area contributed by atoms with Crippen LogP contribution >= 0.6 is 15.9 Å². The van der Waals surface area contributed by atoms with Crippen LogP contribution < -0.4 is 0 Å². The highest BCUT2D eigenvalue weighted by Gasteiger charge is 2.22. The molecule has 4 rings (SSSR count). The second kappa shape index (κ2) is 9.14. The first-order valence-corrected chi connectivity index (χ1v) is 11.1. The number of carbonyl (C=O) groups excluding carboxylic acids is 1. The lowest BCUT2D eigenvalue weighted by Gasteiger charge is -2.35. The van der Waals surface area contributed by atoms with E-state index in [4.69, 9.17) is 0 Å². The molecule has 0 N–H and O–H groups in total. The third-order valence-corrected chi connectivity index (χ3v) is 6.39. The van der Waals surface area contributed by atoms with Gasteiger partial charge in [-0.1, -0.05) is 46.3 Å². The zero-order valence-electron chi connectivity index (χ0n) is 17.5. The SMILES string of the molecule is Cc1cc(C)n(Cc2cccc(C(=O)N3CCN(Cc4ccccc4Br)CC3)c2)n1. The van der Waals surface area contributed by atoms with Gasteiger partial charge in [0.15, 0.2) is 0 Å². The van der Waals surface area contributed by atoms with E-state index >= 15 is 0 Å². The molecule has 0 radical (unpaired) electrons. The number of amides is 1. The van der Waals surface area contributed by atoms with Crippen molar-refractivity contribution in [3.63, 3.8) is 0 Å². The van der Waals surface area contributed by atoms with E-state index in [2.05, 4.69) is 63.2 Å². The van der Waals surface area contributed by atoms with Crippen molar-refractivity contribution in [3.8, 4) is 0 Å².